The first kappa shape index (κ1) is 18.9. The number of halogens is 1. The van der Waals surface area contributed by atoms with E-state index in [0.29, 0.717) is 38.2 Å². The molecule has 2 rings (SSSR count). The number of hydrogen-bond donors (Lipinski definition) is 1. The second kappa shape index (κ2) is 9.79. The monoisotopic (exact) mass is 344 g/mol. The quantitative estimate of drug-likeness (QED) is 0.760. The average Bonchev–Trinajstić information content (AvgIpc) is 2.58. The van der Waals surface area contributed by atoms with Gasteiger partial charge in [-0.1, -0.05) is 30.3 Å². The van der Waals surface area contributed by atoms with Gasteiger partial charge >= 0.3 is 0 Å². The molecule has 0 heterocycles. The number of nitrogens with one attached hydrogen (secondary N) is 1. The van der Waals surface area contributed by atoms with Crippen molar-refractivity contribution in [2.24, 2.45) is 0 Å². The molecular weight excluding hydrogens is 319 g/mol. The van der Waals surface area contributed by atoms with Crippen molar-refractivity contribution in [1.82, 2.24) is 10.2 Å². The van der Waals surface area contributed by atoms with Gasteiger partial charge in [0.25, 0.3) is 0 Å². The fourth-order valence-electron chi connectivity index (χ4n) is 2.56. The molecule has 0 aliphatic carbocycles. The van der Waals surface area contributed by atoms with Crippen molar-refractivity contribution in [2.75, 3.05) is 26.7 Å². The summed E-state index contributed by atoms with van der Waals surface area (Å²) in [6.45, 7) is 3.99. The highest BCUT2D eigenvalue weighted by molar-refractivity contribution is 5.77. The third-order valence-corrected chi connectivity index (χ3v) is 3.77. The first-order chi connectivity index (χ1) is 12.1. The SMILES string of the molecule is CCOc1ccc(CN(C)CC(=O)NCCc2ccccc2F)cc1. The maximum atomic E-state index is 13.5. The summed E-state index contributed by atoms with van der Waals surface area (Å²) in [5.41, 5.74) is 1.73. The van der Waals surface area contributed by atoms with Crippen LogP contribution < -0.4 is 10.1 Å². The highest BCUT2D eigenvalue weighted by Gasteiger charge is 2.08. The van der Waals surface area contributed by atoms with Gasteiger partial charge in [-0.25, -0.2) is 4.39 Å². The standard InChI is InChI=1S/C20H25FN2O2/c1-3-25-18-10-8-16(9-11-18)14-23(2)15-20(24)22-13-12-17-6-4-5-7-19(17)21/h4-11H,3,12-15H2,1-2H3,(H,22,24). The van der Waals surface area contributed by atoms with E-state index in [9.17, 15) is 9.18 Å². The Hall–Kier alpha value is -2.40. The topological polar surface area (TPSA) is 41.6 Å². The fraction of sp³-hybridized carbons (Fsp3) is 0.350. The summed E-state index contributed by atoms with van der Waals surface area (Å²) in [6, 6.07) is 14.5. The van der Waals surface area contributed by atoms with Crippen LogP contribution in [0, 0.1) is 5.82 Å². The van der Waals surface area contributed by atoms with Gasteiger partial charge in [-0.2, -0.15) is 0 Å². The average molecular weight is 344 g/mol. The van der Waals surface area contributed by atoms with Crippen LogP contribution >= 0.6 is 0 Å². The molecule has 0 bridgehead atoms. The molecule has 0 saturated carbocycles. The number of rotatable bonds is 9. The second-order valence-corrected chi connectivity index (χ2v) is 5.94. The van der Waals surface area contributed by atoms with Crippen LogP contribution in [0.25, 0.3) is 0 Å². The lowest BCUT2D eigenvalue weighted by atomic mass is 10.1. The molecule has 0 aliphatic heterocycles. The van der Waals surface area contributed by atoms with Crippen molar-refractivity contribution in [3.8, 4) is 5.75 Å². The first-order valence-electron chi connectivity index (χ1n) is 8.49. The van der Waals surface area contributed by atoms with Crippen LogP contribution in [0.1, 0.15) is 18.1 Å². The number of nitrogens with zero attached hydrogens (tertiary/aromatic N) is 1. The van der Waals surface area contributed by atoms with Gasteiger partial charge in [0, 0.05) is 13.1 Å². The number of carbonyl (C=O) groups is 1. The molecule has 1 N–H and O–H groups in total. The summed E-state index contributed by atoms with van der Waals surface area (Å²) in [5.74, 6) is 0.550. The van der Waals surface area contributed by atoms with Crippen LogP contribution in [0.4, 0.5) is 4.39 Å². The molecule has 0 radical (unpaired) electrons. The lowest BCUT2D eigenvalue weighted by Crippen LogP contribution is -2.35. The van der Waals surface area contributed by atoms with Crippen molar-refractivity contribution in [3.05, 3.63) is 65.5 Å². The van der Waals surface area contributed by atoms with Gasteiger partial charge in [0.2, 0.25) is 5.91 Å². The molecule has 1 amide bonds. The van der Waals surface area contributed by atoms with E-state index in [0.717, 1.165) is 11.3 Å². The highest BCUT2D eigenvalue weighted by atomic mass is 19.1. The summed E-state index contributed by atoms with van der Waals surface area (Å²) in [4.78, 5) is 13.9. The van der Waals surface area contributed by atoms with Crippen LogP contribution in [-0.2, 0) is 17.8 Å². The van der Waals surface area contributed by atoms with Crippen molar-refractivity contribution in [2.45, 2.75) is 19.9 Å². The normalized spacial score (nSPS) is 10.7. The summed E-state index contributed by atoms with van der Waals surface area (Å²) in [7, 11) is 1.90. The molecule has 0 atom stereocenters. The molecule has 0 aliphatic rings. The number of hydrogen-bond acceptors (Lipinski definition) is 3. The Labute approximate surface area is 148 Å². The van der Waals surface area contributed by atoms with E-state index in [1.807, 2.05) is 43.1 Å². The molecule has 0 saturated heterocycles. The van der Waals surface area contributed by atoms with Crippen molar-refractivity contribution in [1.29, 1.82) is 0 Å². The lowest BCUT2D eigenvalue weighted by molar-refractivity contribution is -0.122. The van der Waals surface area contributed by atoms with E-state index in [2.05, 4.69) is 5.32 Å². The Morgan fingerprint density at radius 3 is 2.56 bits per heavy atom. The third kappa shape index (κ3) is 6.55. The van der Waals surface area contributed by atoms with Crippen LogP contribution in [-0.4, -0.2) is 37.6 Å². The number of likely N-dealkylation sites (N-methyl/N-ethyl adjacent to an activating group) is 1. The number of carbonyl (C=O) groups excluding carboxylic acids is 1. The van der Waals surface area contributed by atoms with Gasteiger partial charge in [0.15, 0.2) is 0 Å². The number of benzene rings is 2. The highest BCUT2D eigenvalue weighted by Crippen LogP contribution is 2.13. The second-order valence-electron chi connectivity index (χ2n) is 5.94. The van der Waals surface area contributed by atoms with E-state index < -0.39 is 0 Å². The maximum Gasteiger partial charge on any atom is 0.234 e. The molecule has 0 spiro atoms. The molecule has 4 nitrogen and oxygen atoms in total. The fourth-order valence-corrected chi connectivity index (χ4v) is 2.56. The lowest BCUT2D eigenvalue weighted by Gasteiger charge is -2.16. The molecule has 0 unspecified atom stereocenters. The molecule has 0 aromatic heterocycles. The van der Waals surface area contributed by atoms with Gasteiger partial charge in [0.1, 0.15) is 11.6 Å². The zero-order valence-corrected chi connectivity index (χ0v) is 14.8. The van der Waals surface area contributed by atoms with Crippen LogP contribution in [0.2, 0.25) is 0 Å². The van der Waals surface area contributed by atoms with E-state index >= 15 is 0 Å². The molecule has 2 aromatic carbocycles. The number of ether oxygens (including phenoxy) is 1. The summed E-state index contributed by atoms with van der Waals surface area (Å²) >= 11 is 0. The summed E-state index contributed by atoms with van der Waals surface area (Å²) in [6.07, 6.45) is 0.487. The summed E-state index contributed by atoms with van der Waals surface area (Å²) in [5, 5.41) is 2.83. The Morgan fingerprint density at radius 1 is 1.16 bits per heavy atom. The van der Waals surface area contributed by atoms with Gasteiger partial charge in [-0.15, -0.1) is 0 Å². The Kier molecular flexibility index (Phi) is 7.41. The van der Waals surface area contributed by atoms with Gasteiger partial charge in [-0.3, -0.25) is 9.69 Å². The van der Waals surface area contributed by atoms with E-state index in [4.69, 9.17) is 4.74 Å². The zero-order valence-electron chi connectivity index (χ0n) is 14.8. The minimum Gasteiger partial charge on any atom is -0.494 e. The predicted molar refractivity (Wildman–Crippen MR) is 97.1 cm³/mol. The van der Waals surface area contributed by atoms with Crippen molar-refractivity contribution in [3.63, 3.8) is 0 Å². The van der Waals surface area contributed by atoms with Crippen molar-refractivity contribution < 1.29 is 13.9 Å². The van der Waals surface area contributed by atoms with Crippen LogP contribution in [0.5, 0.6) is 5.75 Å². The Morgan fingerprint density at radius 2 is 1.88 bits per heavy atom. The zero-order chi connectivity index (χ0) is 18.1. The van der Waals surface area contributed by atoms with Gasteiger partial charge < -0.3 is 10.1 Å². The molecule has 5 heteroatoms. The molecule has 0 fully saturated rings. The first-order valence-corrected chi connectivity index (χ1v) is 8.49. The van der Waals surface area contributed by atoms with E-state index in [1.54, 1.807) is 18.2 Å². The van der Waals surface area contributed by atoms with Gasteiger partial charge in [0.05, 0.1) is 13.2 Å². The minimum absolute atomic E-state index is 0.0650. The van der Waals surface area contributed by atoms with Gasteiger partial charge in [-0.05, 0) is 49.7 Å². The maximum absolute atomic E-state index is 13.5. The number of amides is 1. The predicted octanol–water partition coefficient (Wildman–Crippen LogP) is 3.02. The third-order valence-electron chi connectivity index (χ3n) is 3.77. The minimum atomic E-state index is -0.232. The molecule has 2 aromatic rings. The molecular formula is C20H25FN2O2. The Bertz CT molecular complexity index is 674. The molecule has 25 heavy (non-hydrogen) atoms. The largest absolute Gasteiger partial charge is 0.494 e. The van der Waals surface area contributed by atoms with E-state index in [1.165, 1.54) is 6.07 Å². The Balaban J connectivity index is 1.71. The van der Waals surface area contributed by atoms with Crippen LogP contribution in [0.15, 0.2) is 48.5 Å². The van der Waals surface area contributed by atoms with Crippen molar-refractivity contribution >= 4 is 5.91 Å². The smallest absolute Gasteiger partial charge is 0.234 e. The van der Waals surface area contributed by atoms with Crippen LogP contribution in [0.3, 0.4) is 0 Å². The summed E-state index contributed by atoms with van der Waals surface area (Å²) < 4.78 is 18.9. The van der Waals surface area contributed by atoms with E-state index in [-0.39, 0.29) is 11.7 Å². The molecule has 134 valence electrons.